The fourth-order valence-corrected chi connectivity index (χ4v) is 4.71. The van der Waals surface area contributed by atoms with Crippen LogP contribution in [0.3, 0.4) is 0 Å². The number of rotatable bonds is 4. The number of likely N-dealkylation sites (tertiary alicyclic amines) is 2. The van der Waals surface area contributed by atoms with Crippen LogP contribution in [0.5, 0.6) is 0 Å². The fraction of sp³-hybridized carbons (Fsp3) is 0.500. The Hall–Kier alpha value is -2.19. The summed E-state index contributed by atoms with van der Waals surface area (Å²) in [6, 6.07) is 6.75. The van der Waals surface area contributed by atoms with Gasteiger partial charge in [-0.05, 0) is 55.4 Å². The normalized spacial score (nSPS) is 21.4. The van der Waals surface area contributed by atoms with Crippen LogP contribution in [0.4, 0.5) is 0 Å². The minimum absolute atomic E-state index is 0.110. The van der Waals surface area contributed by atoms with Gasteiger partial charge in [0, 0.05) is 26.2 Å². The number of carbonyl (C=O) groups excluding carboxylic acids is 2. The average Bonchev–Trinajstić information content (AvgIpc) is 2.72. The van der Waals surface area contributed by atoms with Crippen LogP contribution in [0.2, 0.25) is 0 Å². The Balaban J connectivity index is 1.60. The fourth-order valence-electron chi connectivity index (χ4n) is 4.14. The van der Waals surface area contributed by atoms with Gasteiger partial charge in [-0.3, -0.25) is 9.59 Å². The molecular weight excluding hydrogens is 378 g/mol. The van der Waals surface area contributed by atoms with Gasteiger partial charge in [0.1, 0.15) is 0 Å². The highest BCUT2D eigenvalue weighted by molar-refractivity contribution is 7.89. The summed E-state index contributed by atoms with van der Waals surface area (Å²) in [5.74, 6) is 0.0418. The second kappa shape index (κ2) is 8.45. The average molecular weight is 406 g/mol. The first-order valence-corrected chi connectivity index (χ1v) is 11.2. The molecule has 2 aliphatic rings. The van der Waals surface area contributed by atoms with E-state index in [2.05, 4.69) is 6.58 Å². The smallest absolute Gasteiger partial charge is 0.245 e. The third kappa shape index (κ3) is 4.62. The predicted octanol–water partition coefficient (Wildman–Crippen LogP) is 1.46. The molecule has 2 heterocycles. The standard InChI is InChI=1S/C20H27N3O4S/c1-2-19(24)23-10-4-6-17(14-23)20(25)22-11-8-15(9-12-22)16-5-3-7-18(13-16)28(21,26)27/h2-3,5,7,13,15,17H,1,4,6,8-12,14H2,(H2,21,26,27). The van der Waals surface area contributed by atoms with E-state index in [0.29, 0.717) is 26.2 Å². The summed E-state index contributed by atoms with van der Waals surface area (Å²) < 4.78 is 23.1. The van der Waals surface area contributed by atoms with Crippen LogP contribution >= 0.6 is 0 Å². The Bertz CT molecular complexity index is 860. The molecule has 2 saturated heterocycles. The second-order valence-electron chi connectivity index (χ2n) is 7.54. The monoisotopic (exact) mass is 405 g/mol. The van der Waals surface area contributed by atoms with Gasteiger partial charge in [0.15, 0.2) is 0 Å². The number of hydrogen-bond acceptors (Lipinski definition) is 4. The number of primary sulfonamides is 1. The molecule has 0 bridgehead atoms. The Morgan fingerprint density at radius 3 is 2.46 bits per heavy atom. The van der Waals surface area contributed by atoms with Crippen LogP contribution in [-0.4, -0.2) is 56.2 Å². The summed E-state index contributed by atoms with van der Waals surface area (Å²) in [6.07, 6.45) is 4.49. The van der Waals surface area contributed by atoms with E-state index >= 15 is 0 Å². The van der Waals surface area contributed by atoms with E-state index in [4.69, 9.17) is 5.14 Å². The molecule has 2 amide bonds. The molecule has 0 aliphatic carbocycles. The lowest BCUT2D eigenvalue weighted by molar-refractivity contribution is -0.140. The molecule has 1 atom stereocenters. The molecule has 3 rings (SSSR count). The molecule has 1 unspecified atom stereocenters. The summed E-state index contributed by atoms with van der Waals surface area (Å²) in [7, 11) is -3.72. The Kier molecular flexibility index (Phi) is 6.20. The van der Waals surface area contributed by atoms with Crippen molar-refractivity contribution in [1.82, 2.24) is 9.80 Å². The predicted molar refractivity (Wildman–Crippen MR) is 106 cm³/mol. The lowest BCUT2D eigenvalue weighted by Crippen LogP contribution is -2.48. The molecule has 0 radical (unpaired) electrons. The number of nitrogens with two attached hydrogens (primary N) is 1. The number of piperidine rings is 2. The first kappa shape index (κ1) is 20.5. The summed E-state index contributed by atoms with van der Waals surface area (Å²) in [6.45, 7) is 5.93. The maximum atomic E-state index is 12.9. The van der Waals surface area contributed by atoms with E-state index in [0.717, 1.165) is 31.2 Å². The molecule has 2 fully saturated rings. The number of carbonyl (C=O) groups is 2. The molecule has 7 nitrogen and oxygen atoms in total. The lowest BCUT2D eigenvalue weighted by atomic mass is 9.88. The van der Waals surface area contributed by atoms with E-state index in [-0.39, 0.29) is 28.5 Å². The molecular formula is C20H27N3O4S. The maximum Gasteiger partial charge on any atom is 0.245 e. The minimum Gasteiger partial charge on any atom is -0.342 e. The van der Waals surface area contributed by atoms with Crippen molar-refractivity contribution in [2.75, 3.05) is 26.2 Å². The number of hydrogen-bond donors (Lipinski definition) is 1. The van der Waals surface area contributed by atoms with Crippen LogP contribution in [0.15, 0.2) is 41.8 Å². The van der Waals surface area contributed by atoms with E-state index in [1.807, 2.05) is 11.0 Å². The first-order valence-electron chi connectivity index (χ1n) is 9.62. The van der Waals surface area contributed by atoms with E-state index in [9.17, 15) is 18.0 Å². The molecule has 2 aliphatic heterocycles. The van der Waals surface area contributed by atoms with Gasteiger partial charge in [-0.15, -0.1) is 0 Å². The van der Waals surface area contributed by atoms with Crippen LogP contribution in [0.25, 0.3) is 0 Å². The largest absolute Gasteiger partial charge is 0.342 e. The zero-order chi connectivity index (χ0) is 20.3. The van der Waals surface area contributed by atoms with E-state index in [1.165, 1.54) is 12.1 Å². The van der Waals surface area contributed by atoms with Crippen LogP contribution in [0.1, 0.15) is 37.2 Å². The van der Waals surface area contributed by atoms with Crippen molar-refractivity contribution in [3.63, 3.8) is 0 Å². The van der Waals surface area contributed by atoms with E-state index < -0.39 is 10.0 Å². The summed E-state index contributed by atoms with van der Waals surface area (Å²) >= 11 is 0. The molecule has 1 aromatic carbocycles. The Morgan fingerprint density at radius 2 is 1.82 bits per heavy atom. The number of amides is 2. The molecule has 0 aromatic heterocycles. The first-order chi connectivity index (χ1) is 13.3. The molecule has 0 saturated carbocycles. The molecule has 0 spiro atoms. The zero-order valence-corrected chi connectivity index (χ0v) is 16.7. The summed E-state index contributed by atoms with van der Waals surface area (Å²) in [4.78, 5) is 28.4. The van der Waals surface area contributed by atoms with Gasteiger partial charge in [-0.2, -0.15) is 0 Å². The number of sulfonamides is 1. The Morgan fingerprint density at radius 1 is 1.11 bits per heavy atom. The topological polar surface area (TPSA) is 101 Å². The van der Waals surface area contributed by atoms with Crippen molar-refractivity contribution in [1.29, 1.82) is 0 Å². The van der Waals surface area contributed by atoms with Crippen molar-refractivity contribution < 1.29 is 18.0 Å². The van der Waals surface area contributed by atoms with Crippen LogP contribution in [0, 0.1) is 5.92 Å². The second-order valence-corrected chi connectivity index (χ2v) is 9.11. The summed E-state index contributed by atoms with van der Waals surface area (Å²) in [5.41, 5.74) is 0.944. The van der Waals surface area contributed by atoms with Crippen molar-refractivity contribution in [3.8, 4) is 0 Å². The maximum absolute atomic E-state index is 12.9. The lowest BCUT2D eigenvalue weighted by Gasteiger charge is -2.37. The third-order valence-electron chi connectivity index (χ3n) is 5.72. The van der Waals surface area contributed by atoms with Gasteiger partial charge in [0.2, 0.25) is 21.8 Å². The zero-order valence-electron chi connectivity index (χ0n) is 15.9. The molecule has 152 valence electrons. The number of nitrogens with zero attached hydrogens (tertiary/aromatic N) is 2. The summed E-state index contributed by atoms with van der Waals surface area (Å²) in [5, 5.41) is 5.23. The SMILES string of the molecule is C=CC(=O)N1CCCC(C(=O)N2CCC(c3cccc(S(N)(=O)=O)c3)CC2)C1. The van der Waals surface area contributed by atoms with Crippen molar-refractivity contribution in [2.24, 2.45) is 11.1 Å². The number of benzene rings is 1. The highest BCUT2D eigenvalue weighted by Crippen LogP contribution is 2.30. The van der Waals surface area contributed by atoms with E-state index in [1.54, 1.807) is 17.0 Å². The minimum atomic E-state index is -3.72. The molecule has 28 heavy (non-hydrogen) atoms. The highest BCUT2D eigenvalue weighted by Gasteiger charge is 2.32. The van der Waals surface area contributed by atoms with Gasteiger partial charge in [-0.25, -0.2) is 13.6 Å². The van der Waals surface area contributed by atoms with Gasteiger partial charge < -0.3 is 9.80 Å². The third-order valence-corrected chi connectivity index (χ3v) is 6.63. The van der Waals surface area contributed by atoms with Gasteiger partial charge >= 0.3 is 0 Å². The van der Waals surface area contributed by atoms with Gasteiger partial charge in [0.25, 0.3) is 0 Å². The van der Waals surface area contributed by atoms with Crippen LogP contribution in [-0.2, 0) is 19.6 Å². The molecule has 8 heteroatoms. The molecule has 2 N–H and O–H groups in total. The highest BCUT2D eigenvalue weighted by atomic mass is 32.2. The van der Waals surface area contributed by atoms with Gasteiger partial charge in [0.05, 0.1) is 10.8 Å². The Labute approximate surface area is 166 Å². The van der Waals surface area contributed by atoms with Crippen molar-refractivity contribution >= 4 is 21.8 Å². The molecule has 1 aromatic rings. The van der Waals surface area contributed by atoms with Crippen molar-refractivity contribution in [2.45, 2.75) is 36.5 Å². The quantitative estimate of drug-likeness (QED) is 0.767. The van der Waals surface area contributed by atoms with Crippen molar-refractivity contribution in [3.05, 3.63) is 42.5 Å². The van der Waals surface area contributed by atoms with Gasteiger partial charge in [-0.1, -0.05) is 18.7 Å². The van der Waals surface area contributed by atoms with Crippen LogP contribution < -0.4 is 5.14 Å².